The van der Waals surface area contributed by atoms with Gasteiger partial charge in [-0.05, 0) is 61.6 Å². The summed E-state index contributed by atoms with van der Waals surface area (Å²) in [7, 11) is 1.66. The first kappa shape index (κ1) is 27.1. The summed E-state index contributed by atoms with van der Waals surface area (Å²) in [6, 6.07) is 25.9. The van der Waals surface area contributed by atoms with Crippen molar-refractivity contribution in [3.8, 4) is 5.75 Å². The van der Waals surface area contributed by atoms with E-state index in [-0.39, 0.29) is 5.91 Å². The largest absolute Gasteiger partial charge is 0.497 e. The van der Waals surface area contributed by atoms with E-state index in [1.54, 1.807) is 21.0 Å². The van der Waals surface area contributed by atoms with Crippen molar-refractivity contribution in [3.63, 3.8) is 0 Å². The minimum atomic E-state index is -1.03. The van der Waals surface area contributed by atoms with Crippen molar-refractivity contribution < 1.29 is 9.53 Å². The van der Waals surface area contributed by atoms with Gasteiger partial charge in [0.2, 0.25) is 5.91 Å². The smallest absolute Gasteiger partial charge is 0.240 e. The molecule has 2 heterocycles. The molecule has 0 bridgehead atoms. The summed E-state index contributed by atoms with van der Waals surface area (Å²) in [5.41, 5.74) is 9.65. The van der Waals surface area contributed by atoms with E-state index in [1.807, 2.05) is 48.5 Å². The van der Waals surface area contributed by atoms with Crippen molar-refractivity contribution in [1.82, 2.24) is 25.1 Å². The molecule has 1 amide bonds. The van der Waals surface area contributed by atoms with E-state index in [1.165, 1.54) is 10.9 Å². The van der Waals surface area contributed by atoms with Crippen LogP contribution in [-0.2, 0) is 30.6 Å². The van der Waals surface area contributed by atoms with Crippen LogP contribution < -0.4 is 15.8 Å². The van der Waals surface area contributed by atoms with E-state index in [0.717, 1.165) is 34.6 Å². The molecular weight excluding hydrogens is 500 g/mol. The van der Waals surface area contributed by atoms with E-state index in [4.69, 9.17) is 10.5 Å². The number of nitrogens with zero attached hydrogens (tertiary/aromatic N) is 3. The number of carbonyl (C=O) groups is 1. The lowest BCUT2D eigenvalue weighted by Gasteiger charge is -2.25. The molecule has 8 heteroatoms. The molecule has 0 aliphatic carbocycles. The topological polar surface area (TPSA) is 111 Å². The number of para-hydroxylation sites is 1. The van der Waals surface area contributed by atoms with Crippen LogP contribution in [0.4, 0.5) is 0 Å². The fraction of sp³-hybridized carbons (Fsp3) is 0.281. The van der Waals surface area contributed by atoms with E-state index in [0.29, 0.717) is 25.2 Å². The number of nitrogens with two attached hydrogens (primary N) is 1. The third-order valence-corrected chi connectivity index (χ3v) is 7.13. The van der Waals surface area contributed by atoms with Crippen LogP contribution in [0, 0.1) is 0 Å². The lowest BCUT2D eigenvalue weighted by Crippen LogP contribution is -2.50. The molecule has 5 aromatic rings. The van der Waals surface area contributed by atoms with Gasteiger partial charge in [-0.2, -0.15) is 0 Å². The summed E-state index contributed by atoms with van der Waals surface area (Å²) in [5, 5.41) is 13.7. The molecule has 0 radical (unpaired) electrons. The molecule has 0 saturated heterocycles. The molecule has 0 aliphatic heterocycles. The van der Waals surface area contributed by atoms with Crippen molar-refractivity contribution in [2.45, 2.75) is 51.2 Å². The highest BCUT2D eigenvalue weighted by molar-refractivity contribution is 5.85. The quantitative estimate of drug-likeness (QED) is 0.226. The van der Waals surface area contributed by atoms with Crippen LogP contribution in [0.15, 0.2) is 85.1 Å². The summed E-state index contributed by atoms with van der Waals surface area (Å²) in [4.78, 5) is 16.4. The Morgan fingerprint density at radius 2 is 1.70 bits per heavy atom. The van der Waals surface area contributed by atoms with Gasteiger partial charge in [0.1, 0.15) is 11.6 Å². The number of rotatable bonds is 11. The third-order valence-electron chi connectivity index (χ3n) is 7.13. The molecule has 3 aromatic carbocycles. The van der Waals surface area contributed by atoms with Crippen molar-refractivity contribution >= 4 is 16.8 Å². The number of methoxy groups -OCH3 is 1. The first-order valence-corrected chi connectivity index (χ1v) is 13.6. The first-order valence-electron chi connectivity index (χ1n) is 13.6. The molecular formula is C32H36N6O2. The van der Waals surface area contributed by atoms with Crippen LogP contribution in [0.3, 0.4) is 0 Å². The minimum Gasteiger partial charge on any atom is -0.497 e. The maximum absolute atomic E-state index is 13.1. The number of fused-ring (bicyclic) bond motifs is 1. The van der Waals surface area contributed by atoms with Gasteiger partial charge in [-0.1, -0.05) is 60.7 Å². The number of hydrogen-bond acceptors (Lipinski definition) is 5. The Kier molecular flexibility index (Phi) is 7.98. The summed E-state index contributed by atoms with van der Waals surface area (Å²) in [6.45, 7) is 3.97. The second-order valence-electron chi connectivity index (χ2n) is 10.7. The average Bonchev–Trinajstić information content (AvgIpc) is 3.55. The van der Waals surface area contributed by atoms with Crippen molar-refractivity contribution in [3.05, 3.63) is 113 Å². The van der Waals surface area contributed by atoms with Gasteiger partial charge in [0.15, 0.2) is 5.82 Å². The Bertz CT molecular complexity index is 1560. The zero-order valence-electron chi connectivity index (χ0n) is 23.2. The number of ether oxygens (including phenoxy) is 1. The molecule has 1 unspecified atom stereocenters. The van der Waals surface area contributed by atoms with Crippen molar-refractivity contribution in [2.24, 2.45) is 5.73 Å². The fourth-order valence-corrected chi connectivity index (χ4v) is 4.86. The van der Waals surface area contributed by atoms with Gasteiger partial charge in [0.05, 0.1) is 25.2 Å². The standard InChI is InChI=1S/C32H36N6O2/c1-32(2,33)31(39)35-28(19-22-9-5-4-6-10-22)30-37-36-29(38(30)21-23-13-16-25(40-3)17-14-23)18-15-24-20-34-27-12-8-7-11-26(24)27/h4-14,16-17,20,28,34H,15,18-19,21,33H2,1-3H3,(H,35,39). The Morgan fingerprint density at radius 3 is 2.42 bits per heavy atom. The molecule has 2 aromatic heterocycles. The van der Waals surface area contributed by atoms with Crippen LogP contribution in [0.1, 0.15) is 48.2 Å². The molecule has 0 saturated carbocycles. The van der Waals surface area contributed by atoms with Crippen molar-refractivity contribution in [1.29, 1.82) is 0 Å². The van der Waals surface area contributed by atoms with E-state index in [9.17, 15) is 4.79 Å². The lowest BCUT2D eigenvalue weighted by atomic mass is 10.0. The van der Waals surface area contributed by atoms with Gasteiger partial charge in [-0.3, -0.25) is 4.79 Å². The highest BCUT2D eigenvalue weighted by Crippen LogP contribution is 2.24. The fourth-order valence-electron chi connectivity index (χ4n) is 4.86. The van der Waals surface area contributed by atoms with Crippen LogP contribution in [-0.4, -0.2) is 38.3 Å². The highest BCUT2D eigenvalue weighted by Gasteiger charge is 2.29. The maximum atomic E-state index is 13.1. The molecule has 5 rings (SSSR count). The average molecular weight is 537 g/mol. The molecule has 0 spiro atoms. The van der Waals surface area contributed by atoms with Gasteiger partial charge < -0.3 is 25.3 Å². The predicted molar refractivity (Wildman–Crippen MR) is 157 cm³/mol. The SMILES string of the molecule is COc1ccc(Cn2c(CCc3c[nH]c4ccccc34)nnc2C(Cc2ccccc2)NC(=O)C(C)(C)N)cc1. The van der Waals surface area contributed by atoms with Crippen LogP contribution in [0.25, 0.3) is 10.9 Å². The Balaban J connectivity index is 1.51. The predicted octanol–water partition coefficient (Wildman–Crippen LogP) is 4.74. The van der Waals surface area contributed by atoms with Gasteiger partial charge in [0, 0.05) is 23.5 Å². The normalized spacial score (nSPS) is 12.4. The van der Waals surface area contributed by atoms with Crippen LogP contribution in [0.2, 0.25) is 0 Å². The number of benzene rings is 3. The zero-order chi connectivity index (χ0) is 28.1. The number of amides is 1. The van der Waals surface area contributed by atoms with Gasteiger partial charge in [0.25, 0.3) is 0 Å². The Labute approximate surface area is 234 Å². The number of H-pyrrole nitrogens is 1. The number of nitrogens with one attached hydrogen (secondary N) is 2. The molecule has 40 heavy (non-hydrogen) atoms. The molecule has 206 valence electrons. The second kappa shape index (κ2) is 11.8. The number of hydrogen-bond donors (Lipinski definition) is 3. The lowest BCUT2D eigenvalue weighted by molar-refractivity contribution is -0.126. The summed E-state index contributed by atoms with van der Waals surface area (Å²) >= 11 is 0. The first-order chi connectivity index (χ1) is 19.3. The molecule has 1 atom stereocenters. The van der Waals surface area contributed by atoms with E-state index in [2.05, 4.69) is 61.6 Å². The second-order valence-corrected chi connectivity index (χ2v) is 10.7. The van der Waals surface area contributed by atoms with E-state index >= 15 is 0 Å². The van der Waals surface area contributed by atoms with Crippen molar-refractivity contribution in [2.75, 3.05) is 7.11 Å². The number of aromatic amines is 1. The minimum absolute atomic E-state index is 0.243. The molecule has 0 fully saturated rings. The third kappa shape index (κ3) is 6.24. The maximum Gasteiger partial charge on any atom is 0.240 e. The molecule has 0 aliphatic rings. The summed E-state index contributed by atoms with van der Waals surface area (Å²) in [6.07, 6.45) is 4.12. The number of aryl methyl sites for hydroxylation is 2. The Morgan fingerprint density at radius 1 is 0.975 bits per heavy atom. The summed E-state index contributed by atoms with van der Waals surface area (Å²) < 4.78 is 7.49. The van der Waals surface area contributed by atoms with Crippen LogP contribution >= 0.6 is 0 Å². The monoisotopic (exact) mass is 536 g/mol. The van der Waals surface area contributed by atoms with Gasteiger partial charge in [-0.15, -0.1) is 10.2 Å². The van der Waals surface area contributed by atoms with Crippen LogP contribution in [0.5, 0.6) is 5.75 Å². The summed E-state index contributed by atoms with van der Waals surface area (Å²) in [5.74, 6) is 2.11. The molecule has 4 N–H and O–H groups in total. The molecule has 8 nitrogen and oxygen atoms in total. The number of carbonyl (C=O) groups excluding carboxylic acids is 1. The zero-order valence-corrected chi connectivity index (χ0v) is 23.2. The van der Waals surface area contributed by atoms with E-state index < -0.39 is 11.6 Å². The number of aromatic nitrogens is 4. The highest BCUT2D eigenvalue weighted by atomic mass is 16.5. The Hall–Kier alpha value is -4.43. The van der Waals surface area contributed by atoms with Gasteiger partial charge >= 0.3 is 0 Å². The van der Waals surface area contributed by atoms with Gasteiger partial charge in [-0.25, -0.2) is 0 Å².